The summed E-state index contributed by atoms with van der Waals surface area (Å²) in [7, 11) is -3.96. The minimum absolute atomic E-state index is 0.272. The van der Waals surface area contributed by atoms with Crippen LogP contribution in [0.25, 0.3) is 0 Å². The second kappa shape index (κ2) is 8.77. The third-order valence-electron chi connectivity index (χ3n) is 3.83. The summed E-state index contributed by atoms with van der Waals surface area (Å²) in [5.41, 5.74) is 2.59. The van der Waals surface area contributed by atoms with Gasteiger partial charge < -0.3 is 10.6 Å². The molecule has 0 aliphatic rings. The van der Waals surface area contributed by atoms with Gasteiger partial charge >= 0.3 is 0 Å². The van der Waals surface area contributed by atoms with Crippen molar-refractivity contribution in [2.24, 2.45) is 0 Å². The Kier molecular flexibility index (Phi) is 6.68. The van der Waals surface area contributed by atoms with Crippen LogP contribution in [0.2, 0.25) is 0 Å². The number of anilines is 2. The molecule has 2 N–H and O–H groups in total. The van der Waals surface area contributed by atoms with Crippen molar-refractivity contribution in [3.8, 4) is 0 Å². The molecule has 6 nitrogen and oxygen atoms in total. The number of sulfone groups is 1. The highest BCUT2D eigenvalue weighted by Crippen LogP contribution is 2.21. The molecule has 0 saturated carbocycles. The second-order valence-electron chi connectivity index (χ2n) is 6.10. The van der Waals surface area contributed by atoms with E-state index in [0.717, 1.165) is 23.3 Å². The van der Waals surface area contributed by atoms with Gasteiger partial charge in [-0.25, -0.2) is 12.8 Å². The SMILES string of the molecule is CCc1cccc(C)c1NC(=O)CS(=O)(=O)CC(=O)Nc1ccc(F)cc1. The van der Waals surface area contributed by atoms with E-state index in [1.54, 1.807) is 0 Å². The molecule has 0 spiro atoms. The van der Waals surface area contributed by atoms with Crippen LogP contribution in [0.1, 0.15) is 18.1 Å². The lowest BCUT2D eigenvalue weighted by molar-refractivity contribution is -0.114. The molecular formula is C19H21FN2O4S. The number of para-hydroxylation sites is 1. The second-order valence-corrected chi connectivity index (χ2v) is 8.16. The molecule has 0 aliphatic carbocycles. The maximum absolute atomic E-state index is 12.8. The standard InChI is InChI=1S/C19H21FN2O4S/c1-3-14-6-4-5-13(2)19(14)22-18(24)12-27(25,26)11-17(23)21-16-9-7-15(20)8-10-16/h4-10H,3,11-12H2,1-2H3,(H,21,23)(H,22,24). The normalized spacial score (nSPS) is 11.1. The molecule has 2 aromatic rings. The number of aryl methyl sites for hydroxylation is 2. The van der Waals surface area contributed by atoms with Crippen LogP contribution < -0.4 is 10.6 Å². The molecule has 0 atom stereocenters. The molecule has 0 unspecified atom stereocenters. The van der Waals surface area contributed by atoms with Crippen LogP contribution in [-0.4, -0.2) is 31.7 Å². The molecule has 0 radical (unpaired) electrons. The van der Waals surface area contributed by atoms with Crippen LogP contribution in [0.3, 0.4) is 0 Å². The molecule has 2 aromatic carbocycles. The van der Waals surface area contributed by atoms with Gasteiger partial charge in [-0.3, -0.25) is 9.59 Å². The van der Waals surface area contributed by atoms with Crippen molar-refractivity contribution in [2.45, 2.75) is 20.3 Å². The van der Waals surface area contributed by atoms with Crippen molar-refractivity contribution in [3.63, 3.8) is 0 Å². The summed E-state index contributed by atoms with van der Waals surface area (Å²) >= 11 is 0. The number of benzene rings is 2. The van der Waals surface area contributed by atoms with Gasteiger partial charge in [0.15, 0.2) is 9.84 Å². The average Bonchev–Trinajstić information content (AvgIpc) is 2.57. The fourth-order valence-electron chi connectivity index (χ4n) is 2.56. The predicted molar refractivity (Wildman–Crippen MR) is 103 cm³/mol. The molecule has 8 heteroatoms. The molecule has 2 amide bonds. The van der Waals surface area contributed by atoms with Crippen LogP contribution in [-0.2, 0) is 25.8 Å². The van der Waals surface area contributed by atoms with Gasteiger partial charge in [0.1, 0.15) is 17.3 Å². The number of carbonyl (C=O) groups excluding carboxylic acids is 2. The highest BCUT2D eigenvalue weighted by molar-refractivity contribution is 7.92. The largest absolute Gasteiger partial charge is 0.325 e. The molecule has 0 saturated heterocycles. The first-order valence-corrected chi connectivity index (χ1v) is 10.2. The van der Waals surface area contributed by atoms with Crippen molar-refractivity contribution in [1.29, 1.82) is 0 Å². The summed E-state index contributed by atoms with van der Waals surface area (Å²) < 4.78 is 37.1. The number of amides is 2. The van der Waals surface area contributed by atoms with Crippen molar-refractivity contribution >= 4 is 33.0 Å². The van der Waals surface area contributed by atoms with Gasteiger partial charge in [0.05, 0.1) is 0 Å². The Labute approximate surface area is 157 Å². The third-order valence-corrected chi connectivity index (χ3v) is 5.24. The van der Waals surface area contributed by atoms with E-state index in [1.165, 1.54) is 12.1 Å². The summed E-state index contributed by atoms with van der Waals surface area (Å²) in [4.78, 5) is 24.1. The molecule has 2 rings (SSSR count). The van der Waals surface area contributed by atoms with Gasteiger partial charge in [-0.05, 0) is 48.7 Å². The highest BCUT2D eigenvalue weighted by Gasteiger charge is 2.22. The number of hydrogen-bond donors (Lipinski definition) is 2. The Balaban J connectivity index is 1.98. The highest BCUT2D eigenvalue weighted by atomic mass is 32.2. The van der Waals surface area contributed by atoms with E-state index < -0.39 is 39.0 Å². The van der Waals surface area contributed by atoms with E-state index in [4.69, 9.17) is 0 Å². The quantitative estimate of drug-likeness (QED) is 0.758. The van der Waals surface area contributed by atoms with Gasteiger partial charge in [-0.15, -0.1) is 0 Å². The number of nitrogens with one attached hydrogen (secondary N) is 2. The summed E-state index contributed by atoms with van der Waals surface area (Å²) in [6.07, 6.45) is 0.685. The number of rotatable bonds is 7. The molecule has 0 aromatic heterocycles. The monoisotopic (exact) mass is 392 g/mol. The average molecular weight is 392 g/mol. The first kappa shape index (κ1) is 20.6. The van der Waals surface area contributed by atoms with Crippen LogP contribution in [0, 0.1) is 12.7 Å². The Morgan fingerprint density at radius 1 is 0.963 bits per heavy atom. The number of hydrogen-bond acceptors (Lipinski definition) is 4. The van der Waals surface area contributed by atoms with Crippen molar-refractivity contribution in [3.05, 3.63) is 59.4 Å². The molecule has 27 heavy (non-hydrogen) atoms. The fourth-order valence-corrected chi connectivity index (χ4v) is 3.60. The van der Waals surface area contributed by atoms with Gasteiger partial charge in [-0.1, -0.05) is 25.1 Å². The summed E-state index contributed by atoms with van der Waals surface area (Å²) in [5.74, 6) is -3.61. The molecule has 144 valence electrons. The van der Waals surface area contributed by atoms with E-state index in [1.807, 2.05) is 32.0 Å². The zero-order valence-electron chi connectivity index (χ0n) is 15.1. The molecule has 0 aliphatic heterocycles. The lowest BCUT2D eigenvalue weighted by Crippen LogP contribution is -2.30. The van der Waals surface area contributed by atoms with Gasteiger partial charge in [0.2, 0.25) is 11.8 Å². The van der Waals surface area contributed by atoms with E-state index in [2.05, 4.69) is 10.6 Å². The van der Waals surface area contributed by atoms with Crippen LogP contribution >= 0.6 is 0 Å². The van der Waals surface area contributed by atoms with Crippen molar-refractivity contribution in [2.75, 3.05) is 22.1 Å². The first-order valence-electron chi connectivity index (χ1n) is 8.34. The van der Waals surface area contributed by atoms with Crippen LogP contribution in [0.15, 0.2) is 42.5 Å². The van der Waals surface area contributed by atoms with Gasteiger partial charge in [0, 0.05) is 11.4 Å². The summed E-state index contributed by atoms with van der Waals surface area (Å²) in [6, 6.07) is 10.5. The molecule has 0 fully saturated rings. The fraction of sp³-hybridized carbons (Fsp3) is 0.263. The summed E-state index contributed by atoms with van der Waals surface area (Å²) in [5, 5.41) is 4.98. The lowest BCUT2D eigenvalue weighted by Gasteiger charge is -2.13. The number of carbonyl (C=O) groups is 2. The van der Waals surface area contributed by atoms with Gasteiger partial charge in [0.25, 0.3) is 0 Å². The lowest BCUT2D eigenvalue weighted by atomic mass is 10.1. The smallest absolute Gasteiger partial charge is 0.239 e. The Morgan fingerprint density at radius 2 is 1.56 bits per heavy atom. The van der Waals surface area contributed by atoms with E-state index in [0.29, 0.717) is 12.1 Å². The minimum atomic E-state index is -3.96. The summed E-state index contributed by atoms with van der Waals surface area (Å²) in [6.45, 7) is 3.75. The zero-order valence-corrected chi connectivity index (χ0v) is 15.9. The van der Waals surface area contributed by atoms with E-state index in [9.17, 15) is 22.4 Å². The molecule has 0 bridgehead atoms. The predicted octanol–water partition coefficient (Wildman–Crippen LogP) is 2.69. The Bertz CT molecular complexity index is 941. The van der Waals surface area contributed by atoms with E-state index >= 15 is 0 Å². The maximum Gasteiger partial charge on any atom is 0.239 e. The first-order chi connectivity index (χ1) is 12.7. The van der Waals surface area contributed by atoms with Crippen molar-refractivity contribution < 1.29 is 22.4 Å². The molecule has 0 heterocycles. The third kappa shape index (κ3) is 6.18. The van der Waals surface area contributed by atoms with Crippen LogP contribution in [0.4, 0.5) is 15.8 Å². The van der Waals surface area contributed by atoms with E-state index in [-0.39, 0.29) is 5.69 Å². The number of halogens is 1. The topological polar surface area (TPSA) is 92.3 Å². The molecular weight excluding hydrogens is 371 g/mol. The maximum atomic E-state index is 12.8. The van der Waals surface area contributed by atoms with Crippen molar-refractivity contribution in [1.82, 2.24) is 0 Å². The Hall–Kier alpha value is -2.74. The zero-order chi connectivity index (χ0) is 20.0. The van der Waals surface area contributed by atoms with Gasteiger partial charge in [-0.2, -0.15) is 0 Å². The minimum Gasteiger partial charge on any atom is -0.325 e. The Morgan fingerprint density at radius 3 is 2.15 bits per heavy atom. The van der Waals surface area contributed by atoms with Crippen LogP contribution in [0.5, 0.6) is 0 Å².